The summed E-state index contributed by atoms with van der Waals surface area (Å²) in [4.78, 5) is 23.8. The molecule has 2 heterocycles. The summed E-state index contributed by atoms with van der Waals surface area (Å²) in [5.74, 6) is 0.631. The smallest absolute Gasteiger partial charge is 0.358 e. The van der Waals surface area contributed by atoms with Crippen LogP contribution in [0, 0.1) is 5.92 Å². The van der Waals surface area contributed by atoms with Gasteiger partial charge in [-0.3, -0.25) is 4.98 Å². The predicted octanol–water partition coefficient (Wildman–Crippen LogP) is 2.85. The van der Waals surface area contributed by atoms with E-state index in [2.05, 4.69) is 28.8 Å². The van der Waals surface area contributed by atoms with Crippen LogP contribution in [0.25, 0.3) is 11.5 Å². The van der Waals surface area contributed by atoms with Gasteiger partial charge < -0.3 is 9.72 Å². The number of rotatable bonds is 5. The van der Waals surface area contributed by atoms with Gasteiger partial charge in [0.15, 0.2) is 11.5 Å². The van der Waals surface area contributed by atoms with Gasteiger partial charge in [-0.25, -0.2) is 9.78 Å². The lowest BCUT2D eigenvalue weighted by Crippen LogP contribution is -2.09. The van der Waals surface area contributed by atoms with Crippen LogP contribution in [0.1, 0.15) is 37.0 Å². The minimum Gasteiger partial charge on any atom is -0.461 e. The van der Waals surface area contributed by atoms with Crippen molar-refractivity contribution in [1.82, 2.24) is 15.0 Å². The van der Waals surface area contributed by atoms with Crippen molar-refractivity contribution in [3.05, 3.63) is 35.8 Å². The second-order valence-electron chi connectivity index (χ2n) is 4.95. The number of esters is 1. The third-order valence-electron chi connectivity index (χ3n) is 2.77. The fourth-order valence-electron chi connectivity index (χ4n) is 1.96. The van der Waals surface area contributed by atoms with Gasteiger partial charge in [0, 0.05) is 6.20 Å². The van der Waals surface area contributed by atoms with Crippen molar-refractivity contribution in [3.63, 3.8) is 0 Å². The number of hydrogen-bond acceptors (Lipinski definition) is 4. The van der Waals surface area contributed by atoms with Crippen molar-refractivity contribution >= 4 is 5.97 Å². The number of nitrogens with zero attached hydrogens (tertiary/aromatic N) is 2. The zero-order chi connectivity index (χ0) is 14.5. The Kier molecular flexibility index (Phi) is 4.50. The zero-order valence-corrected chi connectivity index (χ0v) is 12.0. The van der Waals surface area contributed by atoms with Gasteiger partial charge in [-0.15, -0.1) is 0 Å². The maximum atomic E-state index is 12.0. The van der Waals surface area contributed by atoms with Crippen LogP contribution < -0.4 is 0 Å². The Hall–Kier alpha value is -2.17. The largest absolute Gasteiger partial charge is 0.461 e. The number of carbonyl (C=O) groups excluding carboxylic acids is 1. The van der Waals surface area contributed by atoms with Crippen LogP contribution in [0.2, 0.25) is 0 Å². The molecule has 0 aromatic carbocycles. The average Bonchev–Trinajstić information content (AvgIpc) is 2.83. The van der Waals surface area contributed by atoms with Crippen LogP contribution in [-0.2, 0) is 11.2 Å². The van der Waals surface area contributed by atoms with E-state index in [1.54, 1.807) is 13.1 Å². The molecule has 0 atom stereocenters. The lowest BCUT2D eigenvalue weighted by molar-refractivity contribution is 0.0518. The van der Waals surface area contributed by atoms with Gasteiger partial charge in [0.25, 0.3) is 0 Å². The summed E-state index contributed by atoms with van der Waals surface area (Å²) in [5.41, 5.74) is 1.88. The number of pyridine rings is 1. The molecule has 2 aromatic rings. The van der Waals surface area contributed by atoms with Crippen molar-refractivity contribution in [2.45, 2.75) is 27.2 Å². The summed E-state index contributed by atoms with van der Waals surface area (Å²) < 4.78 is 5.06. The maximum Gasteiger partial charge on any atom is 0.358 e. The van der Waals surface area contributed by atoms with Gasteiger partial charge in [-0.1, -0.05) is 19.9 Å². The van der Waals surface area contributed by atoms with E-state index in [1.807, 2.05) is 18.2 Å². The average molecular weight is 273 g/mol. The number of carbonyl (C=O) groups is 1. The number of nitrogens with one attached hydrogen (secondary N) is 1. The number of hydrogen-bond donors (Lipinski definition) is 1. The van der Waals surface area contributed by atoms with Gasteiger partial charge in [0.1, 0.15) is 5.69 Å². The van der Waals surface area contributed by atoms with Crippen molar-refractivity contribution < 1.29 is 9.53 Å². The molecular weight excluding hydrogens is 254 g/mol. The third kappa shape index (κ3) is 3.23. The van der Waals surface area contributed by atoms with E-state index in [4.69, 9.17) is 4.74 Å². The molecule has 2 aromatic heterocycles. The molecular formula is C15H19N3O2. The van der Waals surface area contributed by atoms with E-state index in [0.29, 0.717) is 29.7 Å². The molecule has 0 aliphatic rings. The lowest BCUT2D eigenvalue weighted by atomic mass is 10.1. The quantitative estimate of drug-likeness (QED) is 0.850. The first-order valence-corrected chi connectivity index (χ1v) is 6.79. The summed E-state index contributed by atoms with van der Waals surface area (Å²) in [5, 5.41) is 0. The molecule has 20 heavy (non-hydrogen) atoms. The van der Waals surface area contributed by atoms with E-state index in [1.165, 1.54) is 0 Å². The second-order valence-corrected chi connectivity index (χ2v) is 4.95. The Bertz CT molecular complexity index is 576. The van der Waals surface area contributed by atoms with E-state index >= 15 is 0 Å². The topological polar surface area (TPSA) is 67.9 Å². The van der Waals surface area contributed by atoms with Gasteiger partial charge in [-0.05, 0) is 31.4 Å². The normalized spacial score (nSPS) is 10.8. The summed E-state index contributed by atoms with van der Waals surface area (Å²) in [6.45, 7) is 6.31. The summed E-state index contributed by atoms with van der Waals surface area (Å²) in [6.07, 6.45) is 2.44. The Labute approximate surface area is 118 Å². The minimum absolute atomic E-state index is 0.339. The number of aromatic amines is 1. The Balaban J connectivity index is 2.39. The fraction of sp³-hybridized carbons (Fsp3) is 0.400. The molecule has 0 saturated carbocycles. The molecule has 0 amide bonds. The highest BCUT2D eigenvalue weighted by molar-refractivity contribution is 5.89. The van der Waals surface area contributed by atoms with Crippen LogP contribution >= 0.6 is 0 Å². The standard InChI is InChI=1S/C15H19N3O2/c1-4-20-15(19)13-12(9-10(2)3)17-14(18-13)11-7-5-6-8-16-11/h5-8,10H,4,9H2,1-3H3,(H,17,18). The van der Waals surface area contributed by atoms with Gasteiger partial charge in [0.2, 0.25) is 0 Å². The first-order valence-electron chi connectivity index (χ1n) is 6.79. The highest BCUT2D eigenvalue weighted by Crippen LogP contribution is 2.19. The molecule has 0 unspecified atom stereocenters. The third-order valence-corrected chi connectivity index (χ3v) is 2.77. The number of ether oxygens (including phenoxy) is 1. The van der Waals surface area contributed by atoms with E-state index in [-0.39, 0.29) is 5.97 Å². The van der Waals surface area contributed by atoms with Crippen molar-refractivity contribution in [1.29, 1.82) is 0 Å². The first-order chi connectivity index (χ1) is 9.61. The van der Waals surface area contributed by atoms with Crippen molar-refractivity contribution in [2.24, 2.45) is 5.92 Å². The predicted molar refractivity (Wildman–Crippen MR) is 76.3 cm³/mol. The summed E-state index contributed by atoms with van der Waals surface area (Å²) in [7, 11) is 0. The number of aromatic nitrogens is 3. The first kappa shape index (κ1) is 14.2. The van der Waals surface area contributed by atoms with Crippen molar-refractivity contribution in [2.75, 3.05) is 6.61 Å². The highest BCUT2D eigenvalue weighted by Gasteiger charge is 2.20. The lowest BCUT2D eigenvalue weighted by Gasteiger charge is -2.04. The molecule has 0 aliphatic heterocycles. The molecule has 0 spiro atoms. The molecule has 0 radical (unpaired) electrons. The summed E-state index contributed by atoms with van der Waals surface area (Å²) >= 11 is 0. The molecule has 0 aliphatic carbocycles. The SMILES string of the molecule is CCOC(=O)c1nc(-c2ccccn2)[nH]c1CC(C)C. The maximum absolute atomic E-state index is 12.0. The van der Waals surface area contributed by atoms with Gasteiger partial charge >= 0.3 is 5.97 Å². The minimum atomic E-state index is -0.387. The number of H-pyrrole nitrogens is 1. The van der Waals surface area contributed by atoms with E-state index < -0.39 is 0 Å². The Morgan fingerprint density at radius 3 is 2.80 bits per heavy atom. The molecule has 5 nitrogen and oxygen atoms in total. The molecule has 106 valence electrons. The molecule has 0 fully saturated rings. The van der Waals surface area contributed by atoms with Crippen LogP contribution in [0.3, 0.4) is 0 Å². The van der Waals surface area contributed by atoms with Crippen LogP contribution in [0.4, 0.5) is 0 Å². The van der Waals surface area contributed by atoms with Crippen LogP contribution in [-0.4, -0.2) is 27.5 Å². The fourth-order valence-corrected chi connectivity index (χ4v) is 1.96. The Morgan fingerprint density at radius 1 is 1.40 bits per heavy atom. The zero-order valence-electron chi connectivity index (χ0n) is 12.0. The Morgan fingerprint density at radius 2 is 2.20 bits per heavy atom. The second kappa shape index (κ2) is 6.32. The van der Waals surface area contributed by atoms with E-state index in [9.17, 15) is 4.79 Å². The molecule has 0 saturated heterocycles. The highest BCUT2D eigenvalue weighted by atomic mass is 16.5. The summed E-state index contributed by atoms with van der Waals surface area (Å²) in [6, 6.07) is 5.58. The van der Waals surface area contributed by atoms with Crippen LogP contribution in [0.15, 0.2) is 24.4 Å². The monoisotopic (exact) mass is 273 g/mol. The molecule has 2 rings (SSSR count). The van der Waals surface area contributed by atoms with E-state index in [0.717, 1.165) is 12.1 Å². The number of imidazole rings is 1. The molecule has 5 heteroatoms. The van der Waals surface area contributed by atoms with Gasteiger partial charge in [0.05, 0.1) is 12.3 Å². The molecule has 0 bridgehead atoms. The van der Waals surface area contributed by atoms with Gasteiger partial charge in [-0.2, -0.15) is 0 Å². The van der Waals surface area contributed by atoms with Crippen LogP contribution in [0.5, 0.6) is 0 Å². The van der Waals surface area contributed by atoms with Crippen molar-refractivity contribution in [3.8, 4) is 11.5 Å². The molecule has 1 N–H and O–H groups in total.